The molecule has 0 saturated carbocycles. The van der Waals surface area contributed by atoms with Crippen molar-refractivity contribution in [3.63, 3.8) is 0 Å². The predicted molar refractivity (Wildman–Crippen MR) is 72.0 cm³/mol. The Labute approximate surface area is 115 Å². The van der Waals surface area contributed by atoms with E-state index in [-0.39, 0.29) is 12.5 Å². The van der Waals surface area contributed by atoms with E-state index in [0.717, 1.165) is 0 Å². The van der Waals surface area contributed by atoms with Gasteiger partial charge in [0, 0.05) is 16.8 Å². The zero-order valence-electron chi connectivity index (χ0n) is 9.90. The molecular weight excluding hydrogens is 269 g/mol. The molecule has 98 valence electrons. The van der Waals surface area contributed by atoms with Crippen LogP contribution in [0, 0.1) is 5.82 Å². The standard InChI is InChI=1S/C14H11ClFNO2/c15-10-3-1-5-12(7-10)17-14(18)9-19-13-6-2-4-11(16)8-13/h1-8H,9H2,(H,17,18). The van der Waals surface area contributed by atoms with Crippen molar-refractivity contribution >= 4 is 23.2 Å². The lowest BCUT2D eigenvalue weighted by molar-refractivity contribution is -0.118. The molecule has 1 N–H and O–H groups in total. The average molecular weight is 280 g/mol. The lowest BCUT2D eigenvalue weighted by Gasteiger charge is -2.07. The summed E-state index contributed by atoms with van der Waals surface area (Å²) < 4.78 is 18.1. The first-order valence-electron chi connectivity index (χ1n) is 5.57. The first-order valence-corrected chi connectivity index (χ1v) is 5.95. The third kappa shape index (κ3) is 4.26. The number of carbonyl (C=O) groups is 1. The number of ether oxygens (including phenoxy) is 1. The summed E-state index contributed by atoms with van der Waals surface area (Å²) in [5.74, 6) is -0.444. The maximum Gasteiger partial charge on any atom is 0.262 e. The topological polar surface area (TPSA) is 38.3 Å². The van der Waals surface area contributed by atoms with Gasteiger partial charge < -0.3 is 10.1 Å². The Bertz CT molecular complexity index is 589. The molecule has 0 aromatic heterocycles. The zero-order chi connectivity index (χ0) is 13.7. The van der Waals surface area contributed by atoms with E-state index in [1.807, 2.05) is 0 Å². The number of carbonyl (C=O) groups excluding carboxylic acids is 1. The summed E-state index contributed by atoms with van der Waals surface area (Å²) in [6.07, 6.45) is 0. The summed E-state index contributed by atoms with van der Waals surface area (Å²) in [7, 11) is 0. The van der Waals surface area contributed by atoms with E-state index in [0.29, 0.717) is 16.5 Å². The predicted octanol–water partition coefficient (Wildman–Crippen LogP) is 3.50. The van der Waals surface area contributed by atoms with Crippen LogP contribution in [0.4, 0.5) is 10.1 Å². The van der Waals surface area contributed by atoms with Crippen molar-refractivity contribution < 1.29 is 13.9 Å². The Hall–Kier alpha value is -2.07. The van der Waals surface area contributed by atoms with Crippen LogP contribution in [0.1, 0.15) is 0 Å². The van der Waals surface area contributed by atoms with E-state index in [9.17, 15) is 9.18 Å². The number of halogens is 2. The molecule has 2 aromatic carbocycles. The minimum absolute atomic E-state index is 0.198. The van der Waals surface area contributed by atoms with Crippen LogP contribution in [0.25, 0.3) is 0 Å². The summed E-state index contributed by atoms with van der Waals surface area (Å²) in [4.78, 5) is 11.6. The molecule has 0 spiro atoms. The summed E-state index contributed by atoms with van der Waals surface area (Å²) >= 11 is 5.79. The third-order valence-electron chi connectivity index (χ3n) is 2.27. The molecule has 0 radical (unpaired) electrons. The Morgan fingerprint density at radius 1 is 1.21 bits per heavy atom. The minimum Gasteiger partial charge on any atom is -0.484 e. The number of amides is 1. The second-order valence-electron chi connectivity index (χ2n) is 3.80. The summed E-state index contributed by atoms with van der Waals surface area (Å²) in [5.41, 5.74) is 0.584. The van der Waals surface area contributed by atoms with Crippen LogP contribution in [0.15, 0.2) is 48.5 Å². The van der Waals surface area contributed by atoms with Gasteiger partial charge in [-0.25, -0.2) is 4.39 Å². The highest BCUT2D eigenvalue weighted by Crippen LogP contribution is 2.15. The van der Waals surface area contributed by atoms with E-state index in [4.69, 9.17) is 16.3 Å². The Kier molecular flexibility index (Phi) is 4.36. The number of hydrogen-bond acceptors (Lipinski definition) is 2. The third-order valence-corrected chi connectivity index (χ3v) is 2.51. The van der Waals surface area contributed by atoms with Gasteiger partial charge in [0.05, 0.1) is 0 Å². The molecule has 0 aliphatic rings. The molecule has 1 amide bonds. The summed E-state index contributed by atoms with van der Waals surface area (Å²) in [6, 6.07) is 12.4. The van der Waals surface area contributed by atoms with Gasteiger partial charge in [0.25, 0.3) is 5.91 Å². The minimum atomic E-state index is -0.409. The fourth-order valence-electron chi connectivity index (χ4n) is 1.47. The summed E-state index contributed by atoms with van der Waals surface area (Å²) in [6.45, 7) is -0.198. The highest BCUT2D eigenvalue weighted by molar-refractivity contribution is 6.30. The zero-order valence-corrected chi connectivity index (χ0v) is 10.7. The molecule has 0 saturated heterocycles. The van der Waals surface area contributed by atoms with E-state index < -0.39 is 5.82 Å². The van der Waals surface area contributed by atoms with Gasteiger partial charge in [-0.15, -0.1) is 0 Å². The molecule has 0 atom stereocenters. The fraction of sp³-hybridized carbons (Fsp3) is 0.0714. The van der Waals surface area contributed by atoms with Crippen molar-refractivity contribution in [3.8, 4) is 5.75 Å². The molecule has 2 aromatic rings. The van der Waals surface area contributed by atoms with Crippen molar-refractivity contribution in [1.82, 2.24) is 0 Å². The van der Waals surface area contributed by atoms with E-state index in [1.54, 1.807) is 30.3 Å². The van der Waals surface area contributed by atoms with Gasteiger partial charge in [-0.2, -0.15) is 0 Å². The van der Waals surface area contributed by atoms with Crippen LogP contribution < -0.4 is 10.1 Å². The van der Waals surface area contributed by atoms with Crippen LogP contribution in [-0.4, -0.2) is 12.5 Å². The lowest BCUT2D eigenvalue weighted by atomic mass is 10.3. The van der Waals surface area contributed by atoms with E-state index in [1.165, 1.54) is 18.2 Å². The van der Waals surface area contributed by atoms with Crippen molar-refractivity contribution in [1.29, 1.82) is 0 Å². The molecule has 3 nitrogen and oxygen atoms in total. The second-order valence-corrected chi connectivity index (χ2v) is 4.24. The van der Waals surface area contributed by atoms with Crippen molar-refractivity contribution in [2.45, 2.75) is 0 Å². The van der Waals surface area contributed by atoms with Crippen LogP contribution in [0.3, 0.4) is 0 Å². The maximum absolute atomic E-state index is 12.9. The molecule has 2 rings (SSSR count). The smallest absolute Gasteiger partial charge is 0.262 e. The molecule has 19 heavy (non-hydrogen) atoms. The Morgan fingerprint density at radius 2 is 2.00 bits per heavy atom. The van der Waals surface area contributed by atoms with Crippen LogP contribution >= 0.6 is 11.6 Å². The molecule has 0 aliphatic heterocycles. The van der Waals surface area contributed by atoms with Crippen molar-refractivity contribution in [3.05, 3.63) is 59.4 Å². The lowest BCUT2D eigenvalue weighted by Crippen LogP contribution is -2.20. The van der Waals surface area contributed by atoms with Gasteiger partial charge in [0.15, 0.2) is 6.61 Å². The number of benzene rings is 2. The van der Waals surface area contributed by atoms with Crippen LogP contribution in [-0.2, 0) is 4.79 Å². The Balaban J connectivity index is 1.88. The van der Waals surface area contributed by atoms with E-state index >= 15 is 0 Å². The van der Waals surface area contributed by atoms with Gasteiger partial charge in [-0.05, 0) is 30.3 Å². The highest BCUT2D eigenvalue weighted by Gasteiger charge is 2.04. The number of rotatable bonds is 4. The van der Waals surface area contributed by atoms with Crippen LogP contribution in [0.2, 0.25) is 5.02 Å². The maximum atomic E-state index is 12.9. The first-order chi connectivity index (χ1) is 9.13. The molecule has 5 heteroatoms. The average Bonchev–Trinajstić information content (AvgIpc) is 2.36. The molecule has 0 bridgehead atoms. The van der Waals surface area contributed by atoms with Gasteiger partial charge >= 0.3 is 0 Å². The van der Waals surface area contributed by atoms with Crippen molar-refractivity contribution in [2.75, 3.05) is 11.9 Å². The molecule has 0 aliphatic carbocycles. The number of anilines is 1. The monoisotopic (exact) mass is 279 g/mol. The van der Waals surface area contributed by atoms with Gasteiger partial charge in [0.2, 0.25) is 0 Å². The largest absolute Gasteiger partial charge is 0.484 e. The SMILES string of the molecule is O=C(COc1cccc(F)c1)Nc1cccc(Cl)c1. The quantitative estimate of drug-likeness (QED) is 0.930. The fourth-order valence-corrected chi connectivity index (χ4v) is 1.66. The first kappa shape index (κ1) is 13.4. The molecule has 0 unspecified atom stereocenters. The number of hydrogen-bond donors (Lipinski definition) is 1. The molecule has 0 heterocycles. The number of nitrogens with one attached hydrogen (secondary N) is 1. The van der Waals surface area contributed by atoms with E-state index in [2.05, 4.69) is 5.32 Å². The van der Waals surface area contributed by atoms with Gasteiger partial charge in [-0.1, -0.05) is 23.7 Å². The van der Waals surface area contributed by atoms with Gasteiger partial charge in [-0.3, -0.25) is 4.79 Å². The highest BCUT2D eigenvalue weighted by atomic mass is 35.5. The Morgan fingerprint density at radius 3 is 2.74 bits per heavy atom. The molecular formula is C14H11ClFNO2. The van der Waals surface area contributed by atoms with Gasteiger partial charge in [0.1, 0.15) is 11.6 Å². The normalized spacial score (nSPS) is 10.0. The van der Waals surface area contributed by atoms with Crippen molar-refractivity contribution in [2.24, 2.45) is 0 Å². The second kappa shape index (κ2) is 6.20. The summed E-state index contributed by atoms with van der Waals surface area (Å²) in [5, 5.41) is 3.16. The molecule has 0 fully saturated rings. The van der Waals surface area contributed by atoms with Crippen LogP contribution in [0.5, 0.6) is 5.75 Å².